The minimum atomic E-state index is 0.133. The number of piperidine rings is 1. The van der Waals surface area contributed by atoms with Gasteiger partial charge in [-0.2, -0.15) is 0 Å². The first kappa shape index (κ1) is 16.1. The van der Waals surface area contributed by atoms with Crippen LogP contribution in [-0.4, -0.2) is 38.8 Å². The van der Waals surface area contributed by atoms with E-state index in [1.807, 2.05) is 11.8 Å². The fourth-order valence-electron chi connectivity index (χ4n) is 3.09. The van der Waals surface area contributed by atoms with Crippen LogP contribution >= 0.6 is 11.8 Å². The second-order valence-corrected chi connectivity index (χ2v) is 6.91. The SMILES string of the molecule is Cc1occc1-c1nnc(SCC(=O)N2[C@H](C)CCC[C@@H]2C)o1. The standard InChI is InChI=1S/C16H21N3O3S/c1-10-5-4-6-11(2)19(10)14(20)9-23-16-18-17-15(22-16)13-7-8-21-12(13)3/h7-8,10-11H,4-6,9H2,1-3H3/t10-,11+. The summed E-state index contributed by atoms with van der Waals surface area (Å²) in [5, 5.41) is 8.43. The minimum absolute atomic E-state index is 0.133. The van der Waals surface area contributed by atoms with E-state index in [0.29, 0.717) is 29.0 Å². The molecule has 0 unspecified atom stereocenters. The molecular formula is C16H21N3O3S. The maximum atomic E-state index is 12.5. The van der Waals surface area contributed by atoms with Crippen LogP contribution in [0.5, 0.6) is 0 Å². The van der Waals surface area contributed by atoms with Crippen molar-refractivity contribution in [2.75, 3.05) is 5.75 Å². The molecule has 6 nitrogen and oxygen atoms in total. The Labute approximate surface area is 139 Å². The number of aryl methyl sites for hydroxylation is 1. The quantitative estimate of drug-likeness (QED) is 0.796. The third-order valence-corrected chi connectivity index (χ3v) is 5.10. The summed E-state index contributed by atoms with van der Waals surface area (Å²) in [7, 11) is 0. The number of likely N-dealkylation sites (tertiary alicyclic amines) is 1. The molecule has 7 heteroatoms. The van der Waals surface area contributed by atoms with E-state index in [1.54, 1.807) is 12.3 Å². The van der Waals surface area contributed by atoms with Crippen LogP contribution in [0.25, 0.3) is 11.5 Å². The van der Waals surface area contributed by atoms with Gasteiger partial charge in [-0.3, -0.25) is 4.79 Å². The third kappa shape index (κ3) is 3.44. The number of rotatable bonds is 4. The van der Waals surface area contributed by atoms with Crippen LogP contribution in [0.1, 0.15) is 38.9 Å². The van der Waals surface area contributed by atoms with Gasteiger partial charge >= 0.3 is 0 Å². The van der Waals surface area contributed by atoms with Gasteiger partial charge in [-0.05, 0) is 46.1 Å². The number of aromatic nitrogens is 2. The van der Waals surface area contributed by atoms with E-state index < -0.39 is 0 Å². The van der Waals surface area contributed by atoms with Crippen molar-refractivity contribution in [3.8, 4) is 11.5 Å². The first-order valence-corrected chi connectivity index (χ1v) is 8.86. The number of hydrogen-bond donors (Lipinski definition) is 0. The molecule has 0 N–H and O–H groups in total. The Balaban J connectivity index is 1.61. The summed E-state index contributed by atoms with van der Waals surface area (Å²) in [6, 6.07) is 2.40. The summed E-state index contributed by atoms with van der Waals surface area (Å²) in [5.74, 6) is 1.61. The summed E-state index contributed by atoms with van der Waals surface area (Å²) < 4.78 is 10.8. The molecule has 23 heavy (non-hydrogen) atoms. The van der Waals surface area contributed by atoms with Crippen LogP contribution in [-0.2, 0) is 4.79 Å². The highest BCUT2D eigenvalue weighted by Crippen LogP contribution is 2.28. The highest BCUT2D eigenvalue weighted by molar-refractivity contribution is 7.99. The van der Waals surface area contributed by atoms with Gasteiger partial charge in [0.2, 0.25) is 5.91 Å². The molecule has 124 valence electrons. The summed E-state index contributed by atoms with van der Waals surface area (Å²) in [4.78, 5) is 14.5. The zero-order valence-electron chi connectivity index (χ0n) is 13.6. The van der Waals surface area contributed by atoms with E-state index in [0.717, 1.165) is 24.2 Å². The van der Waals surface area contributed by atoms with E-state index in [4.69, 9.17) is 8.83 Å². The Morgan fingerprint density at radius 1 is 1.35 bits per heavy atom. The molecular weight excluding hydrogens is 314 g/mol. The van der Waals surface area contributed by atoms with Crippen molar-refractivity contribution in [2.45, 2.75) is 57.3 Å². The molecule has 1 aliphatic heterocycles. The van der Waals surface area contributed by atoms with Crippen LogP contribution < -0.4 is 0 Å². The number of carbonyl (C=O) groups excluding carboxylic acids is 1. The van der Waals surface area contributed by atoms with Crippen molar-refractivity contribution >= 4 is 17.7 Å². The van der Waals surface area contributed by atoms with E-state index in [1.165, 1.54) is 18.2 Å². The molecule has 1 fully saturated rings. The lowest BCUT2D eigenvalue weighted by molar-refractivity contribution is -0.134. The predicted octanol–water partition coefficient (Wildman–Crippen LogP) is 3.52. The van der Waals surface area contributed by atoms with Gasteiger partial charge in [0.15, 0.2) is 0 Å². The van der Waals surface area contributed by atoms with Crippen LogP contribution in [0.2, 0.25) is 0 Å². The molecule has 1 amide bonds. The second-order valence-electron chi connectivity index (χ2n) is 5.98. The first-order chi connectivity index (χ1) is 11.1. The molecule has 0 radical (unpaired) electrons. The number of carbonyl (C=O) groups is 1. The molecule has 2 aromatic rings. The van der Waals surface area contributed by atoms with E-state index in [-0.39, 0.29) is 5.91 Å². The topological polar surface area (TPSA) is 72.4 Å². The zero-order chi connectivity index (χ0) is 16.4. The maximum absolute atomic E-state index is 12.5. The van der Waals surface area contributed by atoms with E-state index >= 15 is 0 Å². The van der Waals surface area contributed by atoms with Gasteiger partial charge in [-0.1, -0.05) is 11.8 Å². The average Bonchev–Trinajstić information content (AvgIpc) is 3.13. The molecule has 0 saturated carbocycles. The monoisotopic (exact) mass is 335 g/mol. The molecule has 3 heterocycles. The van der Waals surface area contributed by atoms with Crippen LogP contribution in [0.4, 0.5) is 0 Å². The Bertz CT molecular complexity index is 672. The van der Waals surface area contributed by atoms with Gasteiger partial charge in [0.1, 0.15) is 5.76 Å². The van der Waals surface area contributed by atoms with E-state index in [2.05, 4.69) is 24.0 Å². The predicted molar refractivity (Wildman–Crippen MR) is 87.1 cm³/mol. The van der Waals surface area contributed by atoms with Gasteiger partial charge in [0.25, 0.3) is 11.1 Å². The lowest BCUT2D eigenvalue weighted by atomic mass is 9.98. The molecule has 1 aliphatic rings. The van der Waals surface area contributed by atoms with Crippen molar-refractivity contribution in [2.24, 2.45) is 0 Å². The molecule has 0 aromatic carbocycles. The number of hydrogen-bond acceptors (Lipinski definition) is 6. The molecule has 0 spiro atoms. The minimum Gasteiger partial charge on any atom is -0.469 e. The highest BCUT2D eigenvalue weighted by atomic mass is 32.2. The number of nitrogens with zero attached hydrogens (tertiary/aromatic N) is 3. The lowest BCUT2D eigenvalue weighted by Gasteiger charge is -2.39. The summed E-state index contributed by atoms with van der Waals surface area (Å²) in [5.41, 5.74) is 0.786. The molecule has 2 atom stereocenters. The normalized spacial score (nSPS) is 21.6. The van der Waals surface area contributed by atoms with Crippen molar-refractivity contribution < 1.29 is 13.6 Å². The fraction of sp³-hybridized carbons (Fsp3) is 0.562. The average molecular weight is 335 g/mol. The molecule has 1 saturated heterocycles. The highest BCUT2D eigenvalue weighted by Gasteiger charge is 2.29. The van der Waals surface area contributed by atoms with Crippen molar-refractivity contribution in [1.82, 2.24) is 15.1 Å². The molecule has 3 rings (SSSR count). The van der Waals surface area contributed by atoms with E-state index in [9.17, 15) is 4.79 Å². The molecule has 0 bridgehead atoms. The van der Waals surface area contributed by atoms with Gasteiger partial charge in [0, 0.05) is 12.1 Å². The largest absolute Gasteiger partial charge is 0.469 e. The first-order valence-electron chi connectivity index (χ1n) is 7.88. The van der Waals surface area contributed by atoms with Crippen LogP contribution in [0.15, 0.2) is 26.4 Å². The summed E-state index contributed by atoms with van der Waals surface area (Å²) >= 11 is 1.29. The van der Waals surface area contributed by atoms with Crippen LogP contribution in [0, 0.1) is 6.92 Å². The molecule has 2 aromatic heterocycles. The van der Waals surface area contributed by atoms with Gasteiger partial charge in [-0.15, -0.1) is 10.2 Å². The number of furan rings is 1. The number of amides is 1. The fourth-order valence-corrected chi connectivity index (χ4v) is 3.73. The summed E-state index contributed by atoms with van der Waals surface area (Å²) in [6.07, 6.45) is 4.93. The Kier molecular flexibility index (Phi) is 4.75. The summed E-state index contributed by atoms with van der Waals surface area (Å²) in [6.45, 7) is 6.07. The Hall–Kier alpha value is -1.76. The Morgan fingerprint density at radius 2 is 2.09 bits per heavy atom. The van der Waals surface area contributed by atoms with Gasteiger partial charge in [0.05, 0.1) is 17.6 Å². The van der Waals surface area contributed by atoms with Crippen molar-refractivity contribution in [1.29, 1.82) is 0 Å². The number of thioether (sulfide) groups is 1. The van der Waals surface area contributed by atoms with Gasteiger partial charge < -0.3 is 13.7 Å². The Morgan fingerprint density at radius 3 is 2.74 bits per heavy atom. The van der Waals surface area contributed by atoms with Crippen molar-refractivity contribution in [3.63, 3.8) is 0 Å². The maximum Gasteiger partial charge on any atom is 0.277 e. The second kappa shape index (κ2) is 6.78. The molecule has 0 aliphatic carbocycles. The smallest absolute Gasteiger partial charge is 0.277 e. The lowest BCUT2D eigenvalue weighted by Crippen LogP contribution is -2.48. The van der Waals surface area contributed by atoms with Gasteiger partial charge in [-0.25, -0.2) is 0 Å². The van der Waals surface area contributed by atoms with Crippen molar-refractivity contribution in [3.05, 3.63) is 18.1 Å². The van der Waals surface area contributed by atoms with Crippen LogP contribution in [0.3, 0.4) is 0 Å². The third-order valence-electron chi connectivity index (χ3n) is 4.30. The zero-order valence-corrected chi connectivity index (χ0v) is 14.4.